The van der Waals surface area contributed by atoms with Crippen molar-refractivity contribution in [3.05, 3.63) is 23.9 Å². The van der Waals surface area contributed by atoms with Crippen LogP contribution in [-0.4, -0.2) is 55.3 Å². The van der Waals surface area contributed by atoms with E-state index in [1.165, 1.54) is 10.5 Å². The zero-order valence-corrected chi connectivity index (χ0v) is 13.5. The van der Waals surface area contributed by atoms with Gasteiger partial charge in [-0.05, 0) is 26.0 Å². The molecule has 1 fully saturated rings. The first-order valence-corrected chi connectivity index (χ1v) is 8.75. The number of nitrogens with one attached hydrogen (secondary N) is 1. The number of nitriles is 1. The van der Waals surface area contributed by atoms with Crippen molar-refractivity contribution in [2.75, 3.05) is 30.7 Å². The Balaban J connectivity index is 1.88. The highest BCUT2D eigenvalue weighted by Crippen LogP contribution is 2.15. The van der Waals surface area contributed by atoms with Gasteiger partial charge in [-0.15, -0.1) is 0 Å². The lowest BCUT2D eigenvalue weighted by Gasteiger charge is -2.34. The van der Waals surface area contributed by atoms with E-state index in [-0.39, 0.29) is 24.5 Å². The standard InChI is InChI=1S/C14H20N4O3S/c1-11-9-18(10-12(2)21-11)22(19,20)6-5-16-14-4-3-13(7-15)8-17-14/h3-4,8,11-12H,5-6,9-10H2,1-2H3,(H,16,17)/t11-,12-/m0/s1. The van der Waals surface area contributed by atoms with Crippen LogP contribution in [0.15, 0.2) is 18.3 Å². The Bertz CT molecular complexity index is 629. The Morgan fingerprint density at radius 2 is 2.09 bits per heavy atom. The molecule has 1 aliphatic rings. The van der Waals surface area contributed by atoms with Gasteiger partial charge in [0, 0.05) is 25.8 Å². The predicted octanol–water partition coefficient (Wildman–Crippen LogP) is 0.804. The normalized spacial score (nSPS) is 23.0. The fraction of sp³-hybridized carbons (Fsp3) is 0.571. The Hall–Kier alpha value is -1.69. The summed E-state index contributed by atoms with van der Waals surface area (Å²) in [6.07, 6.45) is 1.26. The number of hydrogen-bond donors (Lipinski definition) is 1. The van der Waals surface area contributed by atoms with E-state index < -0.39 is 10.0 Å². The average molecular weight is 324 g/mol. The molecule has 1 saturated heterocycles. The molecular formula is C14H20N4O3S. The van der Waals surface area contributed by atoms with E-state index in [9.17, 15) is 8.42 Å². The highest BCUT2D eigenvalue weighted by molar-refractivity contribution is 7.89. The van der Waals surface area contributed by atoms with Gasteiger partial charge in [0.15, 0.2) is 0 Å². The summed E-state index contributed by atoms with van der Waals surface area (Å²) in [5.74, 6) is 0.548. The molecule has 7 nitrogen and oxygen atoms in total. The van der Waals surface area contributed by atoms with Crippen LogP contribution < -0.4 is 5.32 Å². The number of nitrogens with zero attached hydrogens (tertiary/aromatic N) is 3. The van der Waals surface area contributed by atoms with Crippen molar-refractivity contribution in [2.24, 2.45) is 0 Å². The maximum Gasteiger partial charge on any atom is 0.216 e. The van der Waals surface area contributed by atoms with Crippen molar-refractivity contribution < 1.29 is 13.2 Å². The molecular weight excluding hydrogens is 304 g/mol. The number of pyridine rings is 1. The highest BCUT2D eigenvalue weighted by Gasteiger charge is 2.30. The highest BCUT2D eigenvalue weighted by atomic mass is 32.2. The van der Waals surface area contributed by atoms with Crippen molar-refractivity contribution in [2.45, 2.75) is 26.1 Å². The predicted molar refractivity (Wildman–Crippen MR) is 82.8 cm³/mol. The SMILES string of the molecule is C[C@H]1CN(S(=O)(=O)CCNc2ccc(C#N)cn2)C[C@H](C)O1. The summed E-state index contributed by atoms with van der Waals surface area (Å²) in [6, 6.07) is 5.27. The molecule has 2 heterocycles. The van der Waals surface area contributed by atoms with E-state index in [1.54, 1.807) is 12.1 Å². The molecule has 1 aliphatic heterocycles. The lowest BCUT2D eigenvalue weighted by Crippen LogP contribution is -2.49. The first kappa shape index (κ1) is 16.7. The number of ether oxygens (including phenoxy) is 1. The average Bonchev–Trinajstić information content (AvgIpc) is 2.47. The van der Waals surface area contributed by atoms with E-state index >= 15 is 0 Å². The van der Waals surface area contributed by atoms with Crippen LogP contribution in [-0.2, 0) is 14.8 Å². The first-order chi connectivity index (χ1) is 10.4. The van der Waals surface area contributed by atoms with Gasteiger partial charge in [-0.2, -0.15) is 9.57 Å². The van der Waals surface area contributed by atoms with Crippen molar-refractivity contribution in [3.8, 4) is 6.07 Å². The van der Waals surface area contributed by atoms with E-state index in [0.29, 0.717) is 24.5 Å². The van der Waals surface area contributed by atoms with E-state index in [0.717, 1.165) is 0 Å². The van der Waals surface area contributed by atoms with E-state index in [2.05, 4.69) is 10.3 Å². The number of morpholine rings is 1. The molecule has 0 amide bonds. The molecule has 2 atom stereocenters. The molecule has 2 rings (SSSR count). The molecule has 0 aromatic carbocycles. The minimum Gasteiger partial charge on any atom is -0.373 e. The lowest BCUT2D eigenvalue weighted by atomic mass is 10.3. The Morgan fingerprint density at radius 1 is 1.41 bits per heavy atom. The second-order valence-electron chi connectivity index (χ2n) is 5.36. The quantitative estimate of drug-likeness (QED) is 0.861. The molecule has 8 heteroatoms. The molecule has 120 valence electrons. The molecule has 0 radical (unpaired) electrons. The molecule has 0 aliphatic carbocycles. The van der Waals surface area contributed by atoms with E-state index in [1.807, 2.05) is 19.9 Å². The van der Waals surface area contributed by atoms with Gasteiger partial charge >= 0.3 is 0 Å². The summed E-state index contributed by atoms with van der Waals surface area (Å²) >= 11 is 0. The Labute approximate surface area is 131 Å². The fourth-order valence-electron chi connectivity index (χ4n) is 2.36. The minimum atomic E-state index is -3.32. The Kier molecular flexibility index (Phi) is 5.34. The van der Waals surface area contributed by atoms with Crippen LogP contribution in [0.3, 0.4) is 0 Å². The van der Waals surface area contributed by atoms with Crippen LogP contribution in [0.5, 0.6) is 0 Å². The molecule has 0 spiro atoms. The molecule has 0 saturated carbocycles. The number of sulfonamides is 1. The molecule has 1 N–H and O–H groups in total. The smallest absolute Gasteiger partial charge is 0.216 e. The van der Waals surface area contributed by atoms with Gasteiger partial charge < -0.3 is 10.1 Å². The van der Waals surface area contributed by atoms with Gasteiger partial charge in [0.05, 0.1) is 23.5 Å². The van der Waals surface area contributed by atoms with Gasteiger partial charge in [-0.1, -0.05) is 0 Å². The van der Waals surface area contributed by atoms with Crippen LogP contribution >= 0.6 is 0 Å². The third-order valence-electron chi connectivity index (χ3n) is 3.34. The number of aromatic nitrogens is 1. The summed E-state index contributed by atoms with van der Waals surface area (Å²) < 4.78 is 31.7. The largest absolute Gasteiger partial charge is 0.373 e. The molecule has 1 aromatic rings. The van der Waals surface area contributed by atoms with Gasteiger partial charge in [0.25, 0.3) is 0 Å². The number of anilines is 1. The van der Waals surface area contributed by atoms with Crippen molar-refractivity contribution >= 4 is 15.8 Å². The molecule has 1 aromatic heterocycles. The maximum atomic E-state index is 12.3. The topological polar surface area (TPSA) is 95.3 Å². The van der Waals surface area contributed by atoms with Crippen LogP contribution in [0, 0.1) is 11.3 Å². The van der Waals surface area contributed by atoms with Crippen LogP contribution in [0.1, 0.15) is 19.4 Å². The van der Waals surface area contributed by atoms with Crippen LogP contribution in [0.2, 0.25) is 0 Å². The maximum absolute atomic E-state index is 12.3. The fourth-order valence-corrected chi connectivity index (χ4v) is 3.85. The van der Waals surface area contributed by atoms with Crippen molar-refractivity contribution in [1.82, 2.24) is 9.29 Å². The third-order valence-corrected chi connectivity index (χ3v) is 5.14. The third kappa shape index (κ3) is 4.40. The van der Waals surface area contributed by atoms with Gasteiger partial charge in [-0.3, -0.25) is 0 Å². The first-order valence-electron chi connectivity index (χ1n) is 7.14. The lowest BCUT2D eigenvalue weighted by molar-refractivity contribution is -0.0440. The van der Waals surface area contributed by atoms with Gasteiger partial charge in [0.2, 0.25) is 10.0 Å². The van der Waals surface area contributed by atoms with Crippen LogP contribution in [0.4, 0.5) is 5.82 Å². The minimum absolute atomic E-state index is 0.00583. The second-order valence-corrected chi connectivity index (χ2v) is 7.45. The van der Waals surface area contributed by atoms with Crippen molar-refractivity contribution in [1.29, 1.82) is 5.26 Å². The zero-order chi connectivity index (χ0) is 16.2. The van der Waals surface area contributed by atoms with Gasteiger partial charge in [0.1, 0.15) is 11.9 Å². The summed E-state index contributed by atoms with van der Waals surface area (Å²) in [5.41, 5.74) is 0.467. The summed E-state index contributed by atoms with van der Waals surface area (Å²) in [7, 11) is -3.32. The second kappa shape index (κ2) is 7.05. The van der Waals surface area contributed by atoms with Crippen LogP contribution in [0.25, 0.3) is 0 Å². The molecule has 0 bridgehead atoms. The molecule has 0 unspecified atom stereocenters. The summed E-state index contributed by atoms with van der Waals surface area (Å²) in [6.45, 7) is 4.79. The number of rotatable bonds is 5. The number of hydrogen-bond acceptors (Lipinski definition) is 6. The zero-order valence-electron chi connectivity index (χ0n) is 12.7. The van der Waals surface area contributed by atoms with Crippen molar-refractivity contribution in [3.63, 3.8) is 0 Å². The monoisotopic (exact) mass is 324 g/mol. The summed E-state index contributed by atoms with van der Waals surface area (Å²) in [5, 5.41) is 11.6. The van der Waals surface area contributed by atoms with E-state index in [4.69, 9.17) is 10.00 Å². The van der Waals surface area contributed by atoms with Gasteiger partial charge in [-0.25, -0.2) is 13.4 Å². The Morgan fingerprint density at radius 3 is 2.64 bits per heavy atom. The summed E-state index contributed by atoms with van der Waals surface area (Å²) in [4.78, 5) is 4.04. The molecule has 22 heavy (non-hydrogen) atoms.